The quantitative estimate of drug-likeness (QED) is 0.358. The topological polar surface area (TPSA) is 111 Å². The summed E-state index contributed by atoms with van der Waals surface area (Å²) in [6.07, 6.45) is 6.80. The Hall–Kier alpha value is -3.76. The van der Waals surface area contributed by atoms with Crippen LogP contribution in [-0.4, -0.2) is 61.9 Å². The minimum atomic E-state index is -0.522. The third kappa shape index (κ3) is 7.17. The SMILES string of the molecule is CC(C)(C)OC(=O)N1CCC[C@@H](n2cnc3ccccc3c2=O)C1.Cl.O=c1c2ccccc2ncn1[C@@H]1CCCNC1. The maximum absolute atomic E-state index is 12.7. The first-order chi connectivity index (χ1) is 19.7. The van der Waals surface area contributed by atoms with Crippen molar-refractivity contribution in [2.75, 3.05) is 26.2 Å². The summed E-state index contributed by atoms with van der Waals surface area (Å²) >= 11 is 0. The Kier molecular flexibility index (Phi) is 10.0. The van der Waals surface area contributed by atoms with Gasteiger partial charge in [0.05, 0.1) is 46.5 Å². The second kappa shape index (κ2) is 13.5. The molecule has 4 aromatic rings. The molecule has 0 aliphatic carbocycles. The number of halogens is 1. The number of carbonyl (C=O) groups excluding carboxylic acids is 1. The molecule has 2 fully saturated rings. The third-order valence-corrected chi connectivity index (χ3v) is 7.49. The van der Waals surface area contributed by atoms with Crippen LogP contribution >= 0.6 is 12.4 Å². The molecule has 6 rings (SSSR count). The number of ether oxygens (including phenoxy) is 1. The van der Waals surface area contributed by atoms with Gasteiger partial charge < -0.3 is 15.0 Å². The van der Waals surface area contributed by atoms with Crippen LogP contribution in [0.1, 0.15) is 58.5 Å². The number of piperidine rings is 2. The molecule has 1 N–H and O–H groups in total. The van der Waals surface area contributed by atoms with E-state index in [0.717, 1.165) is 44.3 Å². The van der Waals surface area contributed by atoms with E-state index < -0.39 is 5.60 Å². The molecule has 0 radical (unpaired) electrons. The number of nitrogens with zero attached hydrogens (tertiary/aromatic N) is 5. The Balaban J connectivity index is 0.000000198. The van der Waals surface area contributed by atoms with Crippen molar-refractivity contribution < 1.29 is 9.53 Å². The fraction of sp³-hybridized carbons (Fsp3) is 0.452. The van der Waals surface area contributed by atoms with Crippen LogP contribution < -0.4 is 16.4 Å². The van der Waals surface area contributed by atoms with E-state index in [1.807, 2.05) is 63.2 Å². The maximum atomic E-state index is 12.7. The summed E-state index contributed by atoms with van der Waals surface area (Å²) < 4.78 is 8.87. The van der Waals surface area contributed by atoms with Crippen molar-refractivity contribution in [3.63, 3.8) is 0 Å². The Morgan fingerprint density at radius 3 is 1.95 bits per heavy atom. The minimum absolute atomic E-state index is 0. The van der Waals surface area contributed by atoms with E-state index in [1.54, 1.807) is 32.8 Å². The normalized spacial score (nSPS) is 19.0. The number of amides is 1. The van der Waals surface area contributed by atoms with Gasteiger partial charge in [0.1, 0.15) is 5.60 Å². The Labute approximate surface area is 251 Å². The first-order valence-electron chi connectivity index (χ1n) is 14.3. The van der Waals surface area contributed by atoms with Gasteiger partial charge in [-0.05, 0) is 77.3 Å². The summed E-state index contributed by atoms with van der Waals surface area (Å²) in [5, 5.41) is 4.64. The molecule has 0 spiro atoms. The number of nitrogens with one attached hydrogen (secondary N) is 1. The average molecular weight is 595 g/mol. The fourth-order valence-electron chi connectivity index (χ4n) is 5.43. The standard InChI is InChI=1S/C18H23N3O3.C13H15N3O.ClH/c1-18(2,3)24-17(23)20-10-6-7-13(11-20)21-12-19-15-9-5-4-8-14(15)16(21)22;17-13-11-5-1-2-6-12(11)15-9-16(13)10-4-3-7-14-8-10;/h4-5,8-9,12-13H,6-7,10-11H2,1-3H3;1-2,5-6,9-10,14H,3-4,7-8H2;1H/t13-;10-;/m11./s1. The molecule has 2 aliphatic rings. The molecule has 2 aliphatic heterocycles. The van der Waals surface area contributed by atoms with Gasteiger partial charge in [0.25, 0.3) is 11.1 Å². The van der Waals surface area contributed by atoms with Crippen molar-refractivity contribution >= 4 is 40.3 Å². The monoisotopic (exact) mass is 594 g/mol. The zero-order valence-corrected chi connectivity index (χ0v) is 25.2. The molecule has 2 aromatic carbocycles. The first-order valence-corrected chi connectivity index (χ1v) is 14.3. The lowest BCUT2D eigenvalue weighted by Gasteiger charge is -2.34. The number of hydrogen-bond acceptors (Lipinski definition) is 7. The highest BCUT2D eigenvalue weighted by Gasteiger charge is 2.29. The van der Waals surface area contributed by atoms with Gasteiger partial charge in [-0.15, -0.1) is 12.4 Å². The zero-order chi connectivity index (χ0) is 29.0. The van der Waals surface area contributed by atoms with Crippen molar-refractivity contribution in [3.8, 4) is 0 Å². The largest absolute Gasteiger partial charge is 0.444 e. The number of hydrogen-bond donors (Lipinski definition) is 1. The van der Waals surface area contributed by atoms with Crippen molar-refractivity contribution in [3.05, 3.63) is 81.9 Å². The Bertz CT molecular complexity index is 1640. The van der Waals surface area contributed by atoms with Crippen molar-refractivity contribution in [1.82, 2.24) is 29.3 Å². The molecule has 11 heteroatoms. The van der Waals surface area contributed by atoms with Crippen LogP contribution in [0, 0.1) is 0 Å². The number of carbonyl (C=O) groups is 1. The van der Waals surface area contributed by atoms with Crippen molar-refractivity contribution in [1.29, 1.82) is 0 Å². The molecule has 10 nitrogen and oxygen atoms in total. The smallest absolute Gasteiger partial charge is 0.410 e. The molecule has 2 aromatic heterocycles. The van der Waals surface area contributed by atoms with E-state index in [1.165, 1.54) is 0 Å². The molecule has 2 atom stereocenters. The number of fused-ring (bicyclic) bond motifs is 2. The molecule has 0 saturated carbocycles. The predicted molar refractivity (Wildman–Crippen MR) is 166 cm³/mol. The zero-order valence-electron chi connectivity index (χ0n) is 24.4. The van der Waals surface area contributed by atoms with Gasteiger partial charge in [-0.2, -0.15) is 0 Å². The number of para-hydroxylation sites is 2. The second-order valence-corrected chi connectivity index (χ2v) is 11.7. The summed E-state index contributed by atoms with van der Waals surface area (Å²) in [4.78, 5) is 47.7. The molecule has 224 valence electrons. The summed E-state index contributed by atoms with van der Waals surface area (Å²) in [6.45, 7) is 8.58. The number of rotatable bonds is 2. The van der Waals surface area contributed by atoms with Gasteiger partial charge in [-0.25, -0.2) is 14.8 Å². The second-order valence-electron chi connectivity index (χ2n) is 11.7. The van der Waals surface area contributed by atoms with Gasteiger partial charge in [-0.3, -0.25) is 18.7 Å². The Morgan fingerprint density at radius 2 is 1.40 bits per heavy atom. The summed E-state index contributed by atoms with van der Waals surface area (Å²) in [6, 6.07) is 15.0. The van der Waals surface area contributed by atoms with Crippen LogP contribution in [0.5, 0.6) is 0 Å². The van der Waals surface area contributed by atoms with Gasteiger partial charge >= 0.3 is 6.09 Å². The number of aromatic nitrogens is 4. The van der Waals surface area contributed by atoms with E-state index in [0.29, 0.717) is 29.4 Å². The van der Waals surface area contributed by atoms with Gasteiger partial charge in [0.15, 0.2) is 0 Å². The van der Waals surface area contributed by atoms with E-state index in [-0.39, 0.29) is 41.7 Å². The van der Waals surface area contributed by atoms with Crippen LogP contribution in [0.15, 0.2) is 70.8 Å². The molecule has 42 heavy (non-hydrogen) atoms. The van der Waals surface area contributed by atoms with Crippen LogP contribution in [-0.2, 0) is 4.74 Å². The van der Waals surface area contributed by atoms with E-state index in [2.05, 4.69) is 15.3 Å². The fourth-order valence-corrected chi connectivity index (χ4v) is 5.43. The number of likely N-dealkylation sites (tertiary alicyclic amines) is 1. The molecule has 0 bridgehead atoms. The molecular formula is C31H39ClN6O4. The molecular weight excluding hydrogens is 556 g/mol. The average Bonchev–Trinajstić information content (AvgIpc) is 2.98. The molecule has 2 saturated heterocycles. The first kappa shape index (κ1) is 31.2. The van der Waals surface area contributed by atoms with Crippen LogP contribution in [0.4, 0.5) is 4.79 Å². The number of benzene rings is 2. The lowest BCUT2D eigenvalue weighted by molar-refractivity contribution is 0.0171. The highest BCUT2D eigenvalue weighted by atomic mass is 35.5. The highest BCUT2D eigenvalue weighted by molar-refractivity contribution is 5.85. The summed E-state index contributed by atoms with van der Waals surface area (Å²) in [7, 11) is 0. The van der Waals surface area contributed by atoms with Crippen LogP contribution in [0.2, 0.25) is 0 Å². The van der Waals surface area contributed by atoms with E-state index in [9.17, 15) is 14.4 Å². The van der Waals surface area contributed by atoms with Crippen molar-refractivity contribution in [2.45, 2.75) is 64.1 Å². The lowest BCUT2D eigenvalue weighted by atomic mass is 10.1. The predicted octanol–water partition coefficient (Wildman–Crippen LogP) is 4.71. The van der Waals surface area contributed by atoms with E-state index >= 15 is 0 Å². The van der Waals surface area contributed by atoms with Crippen molar-refractivity contribution in [2.24, 2.45) is 0 Å². The van der Waals surface area contributed by atoms with E-state index in [4.69, 9.17) is 4.74 Å². The van der Waals surface area contributed by atoms with Gasteiger partial charge in [0.2, 0.25) is 0 Å². The maximum Gasteiger partial charge on any atom is 0.410 e. The molecule has 4 heterocycles. The van der Waals surface area contributed by atoms with Gasteiger partial charge in [0, 0.05) is 19.6 Å². The van der Waals surface area contributed by atoms with Gasteiger partial charge in [-0.1, -0.05) is 24.3 Å². The van der Waals surface area contributed by atoms with Crippen LogP contribution in [0.25, 0.3) is 21.8 Å². The highest BCUT2D eigenvalue weighted by Crippen LogP contribution is 2.22. The lowest BCUT2D eigenvalue weighted by Crippen LogP contribution is -2.45. The molecule has 1 amide bonds. The van der Waals surface area contributed by atoms with Crippen LogP contribution in [0.3, 0.4) is 0 Å². The minimum Gasteiger partial charge on any atom is -0.444 e. The third-order valence-electron chi connectivity index (χ3n) is 7.49. The summed E-state index contributed by atoms with van der Waals surface area (Å²) in [5.41, 5.74) is 0.961. The molecule has 0 unspecified atom stereocenters. The Morgan fingerprint density at radius 1 is 0.857 bits per heavy atom. The summed E-state index contributed by atoms with van der Waals surface area (Å²) in [5.74, 6) is 0.